The van der Waals surface area contributed by atoms with Gasteiger partial charge < -0.3 is 10.2 Å². The number of nitrogens with zero attached hydrogens (tertiary/aromatic N) is 2. The summed E-state index contributed by atoms with van der Waals surface area (Å²) >= 11 is 3.44. The Labute approximate surface area is 154 Å². The summed E-state index contributed by atoms with van der Waals surface area (Å²) < 4.78 is 0.841. The van der Waals surface area contributed by atoms with Crippen molar-refractivity contribution in [1.29, 1.82) is 0 Å². The summed E-state index contributed by atoms with van der Waals surface area (Å²) in [7, 11) is 0. The third-order valence-corrected chi connectivity index (χ3v) is 4.99. The lowest BCUT2D eigenvalue weighted by Crippen LogP contribution is -2.17. The van der Waals surface area contributed by atoms with Gasteiger partial charge in [-0.1, -0.05) is 30.3 Å². The number of amides is 1. The summed E-state index contributed by atoms with van der Waals surface area (Å²) in [5.74, 6) is -0.221. The van der Waals surface area contributed by atoms with Crippen LogP contribution in [0.4, 0.5) is 17.1 Å². The van der Waals surface area contributed by atoms with E-state index in [1.807, 2.05) is 42.5 Å². The van der Waals surface area contributed by atoms with E-state index in [0.29, 0.717) is 5.69 Å². The highest BCUT2D eigenvalue weighted by atomic mass is 79.9. The maximum absolute atomic E-state index is 12.6. The van der Waals surface area contributed by atoms with Gasteiger partial charge in [0.25, 0.3) is 5.91 Å². The van der Waals surface area contributed by atoms with Crippen molar-refractivity contribution in [1.82, 2.24) is 4.98 Å². The quantitative estimate of drug-likeness (QED) is 0.695. The first-order valence-corrected chi connectivity index (χ1v) is 8.89. The van der Waals surface area contributed by atoms with Gasteiger partial charge in [0.15, 0.2) is 0 Å². The zero-order chi connectivity index (χ0) is 17.2. The van der Waals surface area contributed by atoms with Crippen molar-refractivity contribution in [3.05, 3.63) is 82.6 Å². The number of rotatable bonds is 3. The molecule has 0 saturated carbocycles. The minimum absolute atomic E-state index is 0.221. The molecule has 0 unspecified atom stereocenters. The van der Waals surface area contributed by atoms with E-state index in [4.69, 9.17) is 0 Å². The van der Waals surface area contributed by atoms with E-state index < -0.39 is 0 Å². The normalized spacial score (nSPS) is 12.8. The van der Waals surface area contributed by atoms with Crippen LogP contribution in [0.5, 0.6) is 0 Å². The lowest BCUT2D eigenvalue weighted by molar-refractivity contribution is 0.102. The molecule has 4 rings (SSSR count). The van der Waals surface area contributed by atoms with E-state index in [0.717, 1.165) is 28.8 Å². The fourth-order valence-electron chi connectivity index (χ4n) is 3.07. The number of pyridine rings is 1. The summed E-state index contributed by atoms with van der Waals surface area (Å²) in [5, 5.41) is 2.90. The molecule has 0 atom stereocenters. The molecule has 0 fully saturated rings. The van der Waals surface area contributed by atoms with Crippen molar-refractivity contribution in [3.8, 4) is 0 Å². The van der Waals surface area contributed by atoms with Crippen molar-refractivity contribution >= 4 is 38.9 Å². The molecule has 1 N–H and O–H groups in total. The molecule has 1 aliphatic heterocycles. The molecule has 1 aliphatic rings. The molecule has 2 heterocycles. The Bertz CT molecular complexity index is 941. The van der Waals surface area contributed by atoms with Gasteiger partial charge in [-0.2, -0.15) is 0 Å². The summed E-state index contributed by atoms with van der Waals surface area (Å²) in [6.45, 7) is 0.911. The second-order valence-corrected chi connectivity index (χ2v) is 6.72. The molecule has 3 aromatic rings. The van der Waals surface area contributed by atoms with Crippen LogP contribution in [0.25, 0.3) is 0 Å². The molecule has 0 bridgehead atoms. The van der Waals surface area contributed by atoms with Crippen LogP contribution < -0.4 is 10.2 Å². The maximum atomic E-state index is 12.6. The van der Waals surface area contributed by atoms with Crippen molar-refractivity contribution in [3.63, 3.8) is 0 Å². The van der Waals surface area contributed by atoms with Gasteiger partial charge >= 0.3 is 0 Å². The molecule has 124 valence electrons. The van der Waals surface area contributed by atoms with Crippen molar-refractivity contribution < 1.29 is 4.79 Å². The Balaban J connectivity index is 1.60. The van der Waals surface area contributed by atoms with E-state index in [-0.39, 0.29) is 5.91 Å². The number of hydrogen-bond donors (Lipinski definition) is 1. The number of fused-ring (bicyclic) bond motifs is 1. The SMILES string of the molecule is O=C(Nc1ccccc1Br)c1cc(N2CCc3ccccc32)ccn1. The monoisotopic (exact) mass is 393 g/mol. The van der Waals surface area contributed by atoms with Crippen LogP contribution >= 0.6 is 15.9 Å². The van der Waals surface area contributed by atoms with Crippen LogP contribution in [-0.2, 0) is 6.42 Å². The summed E-state index contributed by atoms with van der Waals surface area (Å²) in [6.07, 6.45) is 2.70. The Morgan fingerprint density at radius 2 is 1.88 bits per heavy atom. The zero-order valence-electron chi connectivity index (χ0n) is 13.4. The molecule has 0 aliphatic carbocycles. The summed E-state index contributed by atoms with van der Waals surface area (Å²) in [6, 6.07) is 19.7. The summed E-state index contributed by atoms with van der Waals surface area (Å²) in [5.41, 5.74) is 4.64. The van der Waals surface area contributed by atoms with Crippen LogP contribution in [0, 0.1) is 0 Å². The standard InChI is InChI=1S/C20H16BrN3O/c21-16-6-2-3-7-17(16)23-20(25)18-13-15(9-11-22-18)24-12-10-14-5-1-4-8-19(14)24/h1-9,11,13H,10,12H2,(H,23,25). The fourth-order valence-corrected chi connectivity index (χ4v) is 3.45. The minimum Gasteiger partial charge on any atom is -0.341 e. The molecular weight excluding hydrogens is 378 g/mol. The van der Waals surface area contributed by atoms with Gasteiger partial charge in [-0.05, 0) is 58.2 Å². The molecule has 25 heavy (non-hydrogen) atoms. The molecular formula is C20H16BrN3O. The van der Waals surface area contributed by atoms with Gasteiger partial charge in [-0.15, -0.1) is 0 Å². The average molecular weight is 394 g/mol. The average Bonchev–Trinajstić information content (AvgIpc) is 3.08. The van der Waals surface area contributed by atoms with E-state index in [2.05, 4.69) is 49.3 Å². The van der Waals surface area contributed by atoms with Crippen LogP contribution in [-0.4, -0.2) is 17.4 Å². The van der Waals surface area contributed by atoms with E-state index in [1.165, 1.54) is 11.3 Å². The highest BCUT2D eigenvalue weighted by molar-refractivity contribution is 9.10. The van der Waals surface area contributed by atoms with E-state index >= 15 is 0 Å². The second kappa shape index (κ2) is 6.69. The first-order valence-electron chi connectivity index (χ1n) is 8.10. The lowest BCUT2D eigenvalue weighted by Gasteiger charge is -2.20. The molecule has 1 amide bonds. The predicted molar refractivity (Wildman–Crippen MR) is 103 cm³/mol. The first-order chi connectivity index (χ1) is 12.2. The number of carbonyl (C=O) groups is 1. The first kappa shape index (κ1) is 15.8. The van der Waals surface area contributed by atoms with Gasteiger partial charge in [-0.25, -0.2) is 0 Å². The molecule has 5 heteroatoms. The van der Waals surface area contributed by atoms with Gasteiger partial charge in [-0.3, -0.25) is 9.78 Å². The highest BCUT2D eigenvalue weighted by Gasteiger charge is 2.21. The number of hydrogen-bond acceptors (Lipinski definition) is 3. The van der Waals surface area contributed by atoms with E-state index in [9.17, 15) is 4.79 Å². The topological polar surface area (TPSA) is 45.2 Å². The number of para-hydroxylation sites is 2. The third-order valence-electron chi connectivity index (χ3n) is 4.30. The predicted octanol–water partition coefficient (Wildman–Crippen LogP) is 4.79. The number of halogens is 1. The van der Waals surface area contributed by atoms with Gasteiger partial charge in [0, 0.05) is 28.6 Å². The van der Waals surface area contributed by atoms with Crippen molar-refractivity contribution in [2.24, 2.45) is 0 Å². The van der Waals surface area contributed by atoms with Gasteiger partial charge in [0.2, 0.25) is 0 Å². The lowest BCUT2D eigenvalue weighted by atomic mass is 10.2. The van der Waals surface area contributed by atoms with Crippen molar-refractivity contribution in [2.75, 3.05) is 16.8 Å². The molecule has 0 spiro atoms. The van der Waals surface area contributed by atoms with E-state index in [1.54, 1.807) is 6.20 Å². The number of anilines is 3. The highest BCUT2D eigenvalue weighted by Crippen LogP contribution is 2.34. The smallest absolute Gasteiger partial charge is 0.274 e. The number of nitrogens with one attached hydrogen (secondary N) is 1. The zero-order valence-corrected chi connectivity index (χ0v) is 15.0. The van der Waals surface area contributed by atoms with Gasteiger partial charge in [0.1, 0.15) is 5.69 Å². The van der Waals surface area contributed by atoms with Crippen LogP contribution in [0.3, 0.4) is 0 Å². The van der Waals surface area contributed by atoms with Crippen molar-refractivity contribution in [2.45, 2.75) is 6.42 Å². The van der Waals surface area contributed by atoms with Crippen LogP contribution in [0.1, 0.15) is 16.1 Å². The Hall–Kier alpha value is -2.66. The molecule has 0 radical (unpaired) electrons. The van der Waals surface area contributed by atoms with Crippen LogP contribution in [0.15, 0.2) is 71.3 Å². The fraction of sp³-hybridized carbons (Fsp3) is 0.100. The molecule has 2 aromatic carbocycles. The number of benzene rings is 2. The summed E-state index contributed by atoms with van der Waals surface area (Å²) in [4.78, 5) is 19.0. The second-order valence-electron chi connectivity index (χ2n) is 5.86. The van der Waals surface area contributed by atoms with Crippen LogP contribution in [0.2, 0.25) is 0 Å². The molecule has 0 saturated heterocycles. The largest absolute Gasteiger partial charge is 0.341 e. The maximum Gasteiger partial charge on any atom is 0.274 e. The minimum atomic E-state index is -0.221. The molecule has 1 aromatic heterocycles. The Morgan fingerprint density at radius 1 is 1.08 bits per heavy atom. The van der Waals surface area contributed by atoms with Gasteiger partial charge in [0.05, 0.1) is 5.69 Å². The Kier molecular flexibility index (Phi) is 4.24. The Morgan fingerprint density at radius 3 is 2.76 bits per heavy atom. The third kappa shape index (κ3) is 3.15. The molecule has 4 nitrogen and oxygen atoms in total. The number of aromatic nitrogens is 1. The number of carbonyl (C=O) groups excluding carboxylic acids is 1.